The van der Waals surface area contributed by atoms with Crippen LogP contribution in [-0.4, -0.2) is 59.8 Å². The molecule has 2 aromatic heterocycles. The number of aliphatic hydroxyl groups excluding tert-OH is 3. The molecule has 1 fully saturated rings. The maximum Gasteiger partial charge on any atom is 0.167 e. The first-order valence-corrected chi connectivity index (χ1v) is 8.79. The molecule has 0 radical (unpaired) electrons. The van der Waals surface area contributed by atoms with Crippen LogP contribution in [-0.2, 0) is 17.8 Å². The summed E-state index contributed by atoms with van der Waals surface area (Å²) in [6.07, 6.45) is -1.11. The lowest BCUT2D eigenvalue weighted by Gasteiger charge is -2.18. The van der Waals surface area contributed by atoms with Gasteiger partial charge in [0.15, 0.2) is 23.2 Å². The molecule has 1 aromatic carbocycles. The van der Waals surface area contributed by atoms with Gasteiger partial charge in [0, 0.05) is 13.1 Å². The number of aliphatic hydroxyl groups is 3. The van der Waals surface area contributed by atoms with E-state index in [1.165, 1.54) is 23.8 Å². The number of fused-ring (bicyclic) bond motifs is 2. The van der Waals surface area contributed by atoms with Gasteiger partial charge in [0.1, 0.15) is 24.6 Å². The SMILES string of the molecule is OC[C@H]1O[C@@H](n2cnc3c(N4Cc5ccccc5C4)ncnc32)[C@H](O)[C@@H]1O. The predicted octanol–water partition coefficient (Wildman–Crippen LogP) is -0.0420. The second kappa shape index (κ2) is 6.24. The third kappa shape index (κ3) is 2.51. The lowest BCUT2D eigenvalue weighted by atomic mass is 10.1. The number of imidazole rings is 1. The molecule has 140 valence electrons. The van der Waals surface area contributed by atoms with Gasteiger partial charge in [-0.05, 0) is 11.1 Å². The molecule has 3 aromatic rings. The summed E-state index contributed by atoms with van der Waals surface area (Å²) in [4.78, 5) is 15.3. The summed E-state index contributed by atoms with van der Waals surface area (Å²) in [6.45, 7) is 1.10. The highest BCUT2D eigenvalue weighted by atomic mass is 16.6. The summed E-state index contributed by atoms with van der Waals surface area (Å²) in [5.41, 5.74) is 3.62. The minimum absolute atomic E-state index is 0.381. The molecule has 4 heterocycles. The second-order valence-corrected chi connectivity index (χ2v) is 6.87. The third-order valence-corrected chi connectivity index (χ3v) is 5.27. The van der Waals surface area contributed by atoms with Gasteiger partial charge in [-0.2, -0.15) is 0 Å². The van der Waals surface area contributed by atoms with E-state index in [-0.39, 0.29) is 6.61 Å². The van der Waals surface area contributed by atoms with Gasteiger partial charge < -0.3 is 25.0 Å². The zero-order valence-corrected chi connectivity index (χ0v) is 14.4. The van der Waals surface area contributed by atoms with Crippen molar-refractivity contribution in [3.8, 4) is 0 Å². The highest BCUT2D eigenvalue weighted by Crippen LogP contribution is 2.34. The minimum atomic E-state index is -1.19. The quantitative estimate of drug-likeness (QED) is 0.589. The molecule has 0 bridgehead atoms. The van der Waals surface area contributed by atoms with Gasteiger partial charge in [0.05, 0.1) is 12.9 Å². The minimum Gasteiger partial charge on any atom is -0.394 e. The maximum atomic E-state index is 10.3. The van der Waals surface area contributed by atoms with Gasteiger partial charge in [0.2, 0.25) is 0 Å². The van der Waals surface area contributed by atoms with Crippen molar-refractivity contribution in [2.24, 2.45) is 0 Å². The monoisotopic (exact) mass is 369 g/mol. The fourth-order valence-corrected chi connectivity index (χ4v) is 3.85. The molecule has 0 saturated carbocycles. The van der Waals surface area contributed by atoms with E-state index < -0.39 is 24.5 Å². The fourth-order valence-electron chi connectivity index (χ4n) is 3.85. The van der Waals surface area contributed by atoms with Crippen LogP contribution in [0.15, 0.2) is 36.9 Å². The smallest absolute Gasteiger partial charge is 0.167 e. The number of aromatic nitrogens is 4. The van der Waals surface area contributed by atoms with Crippen molar-refractivity contribution in [1.82, 2.24) is 19.5 Å². The van der Waals surface area contributed by atoms with Gasteiger partial charge in [-0.15, -0.1) is 0 Å². The molecule has 3 N–H and O–H groups in total. The van der Waals surface area contributed by atoms with E-state index in [4.69, 9.17) is 4.74 Å². The fraction of sp³-hybridized carbons (Fsp3) is 0.389. The Bertz CT molecular complexity index is 968. The Labute approximate surface area is 154 Å². The van der Waals surface area contributed by atoms with E-state index in [1.54, 1.807) is 4.57 Å². The number of hydrogen-bond donors (Lipinski definition) is 3. The van der Waals surface area contributed by atoms with Gasteiger partial charge in [-0.1, -0.05) is 24.3 Å². The highest BCUT2D eigenvalue weighted by molar-refractivity contribution is 5.83. The molecule has 0 unspecified atom stereocenters. The number of hydrogen-bond acceptors (Lipinski definition) is 8. The molecule has 0 amide bonds. The van der Waals surface area contributed by atoms with Crippen LogP contribution in [0.2, 0.25) is 0 Å². The summed E-state index contributed by atoms with van der Waals surface area (Å²) >= 11 is 0. The number of anilines is 1. The normalized spacial score (nSPS) is 27.4. The Hall–Kier alpha value is -2.59. The molecule has 27 heavy (non-hydrogen) atoms. The van der Waals surface area contributed by atoms with Crippen LogP contribution in [0.5, 0.6) is 0 Å². The maximum absolute atomic E-state index is 10.3. The van der Waals surface area contributed by atoms with Crippen LogP contribution in [0.1, 0.15) is 17.4 Å². The highest BCUT2D eigenvalue weighted by Gasteiger charge is 2.44. The van der Waals surface area contributed by atoms with E-state index in [9.17, 15) is 15.3 Å². The lowest BCUT2D eigenvalue weighted by molar-refractivity contribution is -0.0511. The number of nitrogens with zero attached hydrogens (tertiary/aromatic N) is 5. The molecular formula is C18H19N5O4. The van der Waals surface area contributed by atoms with Crippen molar-refractivity contribution in [2.75, 3.05) is 11.5 Å². The molecule has 2 aliphatic heterocycles. The Balaban J connectivity index is 1.51. The third-order valence-electron chi connectivity index (χ3n) is 5.27. The number of benzene rings is 1. The van der Waals surface area contributed by atoms with Crippen molar-refractivity contribution >= 4 is 17.0 Å². The largest absolute Gasteiger partial charge is 0.394 e. The van der Waals surface area contributed by atoms with E-state index >= 15 is 0 Å². The Morgan fingerprint density at radius 1 is 1.04 bits per heavy atom. The van der Waals surface area contributed by atoms with Gasteiger partial charge >= 0.3 is 0 Å². The first-order valence-electron chi connectivity index (χ1n) is 8.79. The predicted molar refractivity (Wildman–Crippen MR) is 94.7 cm³/mol. The number of ether oxygens (including phenoxy) is 1. The zero-order valence-electron chi connectivity index (χ0n) is 14.4. The summed E-state index contributed by atoms with van der Waals surface area (Å²) in [5.74, 6) is 0.710. The first kappa shape index (κ1) is 16.6. The van der Waals surface area contributed by atoms with E-state index in [0.29, 0.717) is 17.0 Å². The van der Waals surface area contributed by atoms with Crippen molar-refractivity contribution in [3.63, 3.8) is 0 Å². The van der Waals surface area contributed by atoms with E-state index in [2.05, 4.69) is 32.0 Å². The molecule has 5 rings (SSSR count). The van der Waals surface area contributed by atoms with Crippen LogP contribution in [0.4, 0.5) is 5.82 Å². The zero-order chi connectivity index (χ0) is 18.5. The molecule has 9 nitrogen and oxygen atoms in total. The van der Waals surface area contributed by atoms with Crippen molar-refractivity contribution in [1.29, 1.82) is 0 Å². The van der Waals surface area contributed by atoms with Crippen LogP contribution in [0.25, 0.3) is 11.2 Å². The molecule has 1 saturated heterocycles. The summed E-state index contributed by atoms with van der Waals surface area (Å²) in [5, 5.41) is 29.6. The molecular weight excluding hydrogens is 350 g/mol. The summed E-state index contributed by atoms with van der Waals surface area (Å²) < 4.78 is 7.18. The standard InChI is InChI=1S/C18H19N5O4/c24-7-12-14(25)15(26)18(27-12)23-9-21-13-16(19-8-20-17(13)23)22-5-10-3-1-2-4-11(10)6-22/h1-4,8-9,12,14-15,18,24-26H,5-7H2/t12-,14-,15-,18-/m1/s1. The first-order chi connectivity index (χ1) is 13.2. The Kier molecular flexibility index (Phi) is 3.83. The van der Waals surface area contributed by atoms with Crippen LogP contribution in [0.3, 0.4) is 0 Å². The van der Waals surface area contributed by atoms with Crippen molar-refractivity contribution < 1.29 is 20.1 Å². The molecule has 4 atom stereocenters. The van der Waals surface area contributed by atoms with Crippen LogP contribution >= 0.6 is 0 Å². The van der Waals surface area contributed by atoms with Gasteiger partial charge in [-0.25, -0.2) is 15.0 Å². The summed E-state index contributed by atoms with van der Waals surface area (Å²) in [7, 11) is 0. The van der Waals surface area contributed by atoms with Gasteiger partial charge in [0.25, 0.3) is 0 Å². The van der Waals surface area contributed by atoms with Crippen molar-refractivity contribution in [2.45, 2.75) is 37.6 Å². The lowest BCUT2D eigenvalue weighted by Crippen LogP contribution is -2.33. The average molecular weight is 369 g/mol. The molecule has 0 aliphatic carbocycles. The number of rotatable bonds is 3. The molecule has 0 spiro atoms. The van der Waals surface area contributed by atoms with Crippen LogP contribution in [0, 0.1) is 0 Å². The average Bonchev–Trinajstić information content (AvgIpc) is 3.38. The second-order valence-electron chi connectivity index (χ2n) is 6.87. The Morgan fingerprint density at radius 3 is 2.44 bits per heavy atom. The van der Waals surface area contributed by atoms with Crippen LogP contribution < -0.4 is 4.90 Å². The molecule has 2 aliphatic rings. The molecule has 9 heteroatoms. The van der Waals surface area contributed by atoms with E-state index in [0.717, 1.165) is 13.1 Å². The summed E-state index contributed by atoms with van der Waals surface area (Å²) in [6, 6.07) is 8.25. The topological polar surface area (TPSA) is 117 Å². The Morgan fingerprint density at radius 2 is 1.78 bits per heavy atom. The van der Waals surface area contributed by atoms with Crippen molar-refractivity contribution in [3.05, 3.63) is 48.0 Å². The van der Waals surface area contributed by atoms with Gasteiger partial charge in [-0.3, -0.25) is 4.57 Å². The van der Waals surface area contributed by atoms with E-state index in [1.807, 2.05) is 12.1 Å².